The zero-order chi connectivity index (χ0) is 15.1. The van der Waals surface area contributed by atoms with Gasteiger partial charge in [-0.3, -0.25) is 4.90 Å². The predicted octanol–water partition coefficient (Wildman–Crippen LogP) is 3.17. The molecule has 0 saturated carbocycles. The monoisotopic (exact) mass is 278 g/mol. The van der Waals surface area contributed by atoms with Crippen LogP contribution in [-0.2, 0) is 4.74 Å². The smallest absolute Gasteiger partial charge is 0.0597 e. The first kappa shape index (κ1) is 17.2. The van der Waals surface area contributed by atoms with Crippen LogP contribution in [0.3, 0.4) is 0 Å². The molecule has 0 bridgehead atoms. The van der Waals surface area contributed by atoms with Gasteiger partial charge in [0.05, 0.1) is 12.7 Å². The summed E-state index contributed by atoms with van der Waals surface area (Å²) in [6.45, 7) is 10.8. The van der Waals surface area contributed by atoms with Crippen LogP contribution < -0.4 is 5.73 Å². The highest BCUT2D eigenvalue weighted by Crippen LogP contribution is 2.21. The number of nitrogens with two attached hydrogens (primary N) is 1. The largest absolute Gasteiger partial charge is 0.377 e. The van der Waals surface area contributed by atoms with E-state index in [1.54, 1.807) is 0 Å². The standard InChI is InChI=1S/C17H30N2O/c1-13(2)15-6-8-16(9-7-15)17(12-18)19(5)10-11-20-14(3)4/h6-9,13-14,17H,10-12,18H2,1-5H3. The summed E-state index contributed by atoms with van der Waals surface area (Å²) in [7, 11) is 2.11. The Morgan fingerprint density at radius 1 is 1.05 bits per heavy atom. The molecular weight excluding hydrogens is 248 g/mol. The summed E-state index contributed by atoms with van der Waals surface area (Å²) in [5.41, 5.74) is 8.60. The lowest BCUT2D eigenvalue weighted by Crippen LogP contribution is -2.33. The molecule has 3 nitrogen and oxygen atoms in total. The van der Waals surface area contributed by atoms with Crippen LogP contribution in [-0.4, -0.2) is 37.7 Å². The summed E-state index contributed by atoms with van der Waals surface area (Å²) < 4.78 is 5.61. The van der Waals surface area contributed by atoms with Gasteiger partial charge in [0.25, 0.3) is 0 Å². The van der Waals surface area contributed by atoms with E-state index < -0.39 is 0 Å². The Hall–Kier alpha value is -0.900. The Kier molecular flexibility index (Phi) is 7.20. The fraction of sp³-hybridized carbons (Fsp3) is 0.647. The summed E-state index contributed by atoms with van der Waals surface area (Å²) in [4.78, 5) is 2.27. The van der Waals surface area contributed by atoms with E-state index in [4.69, 9.17) is 10.5 Å². The van der Waals surface area contributed by atoms with E-state index in [1.807, 2.05) is 0 Å². The van der Waals surface area contributed by atoms with E-state index in [1.165, 1.54) is 11.1 Å². The molecule has 3 heteroatoms. The van der Waals surface area contributed by atoms with Crippen molar-refractivity contribution in [1.82, 2.24) is 4.90 Å². The molecular formula is C17H30N2O. The number of likely N-dealkylation sites (N-methyl/N-ethyl adjacent to an activating group) is 1. The Morgan fingerprint density at radius 2 is 1.60 bits per heavy atom. The topological polar surface area (TPSA) is 38.5 Å². The Morgan fingerprint density at radius 3 is 2.05 bits per heavy atom. The summed E-state index contributed by atoms with van der Waals surface area (Å²) in [5, 5.41) is 0. The third-order valence-electron chi connectivity index (χ3n) is 3.64. The lowest BCUT2D eigenvalue weighted by atomic mass is 9.98. The number of ether oxygens (including phenoxy) is 1. The van der Waals surface area contributed by atoms with Crippen LogP contribution in [0, 0.1) is 0 Å². The maximum Gasteiger partial charge on any atom is 0.0597 e. The first-order valence-electron chi connectivity index (χ1n) is 7.57. The van der Waals surface area contributed by atoms with Crippen molar-refractivity contribution in [2.75, 3.05) is 26.7 Å². The van der Waals surface area contributed by atoms with E-state index in [9.17, 15) is 0 Å². The van der Waals surface area contributed by atoms with Gasteiger partial charge in [0.1, 0.15) is 0 Å². The highest BCUT2D eigenvalue weighted by Gasteiger charge is 2.15. The fourth-order valence-electron chi connectivity index (χ4n) is 2.26. The number of rotatable bonds is 8. The van der Waals surface area contributed by atoms with Crippen LogP contribution in [0.1, 0.15) is 50.8 Å². The molecule has 0 aromatic heterocycles. The van der Waals surface area contributed by atoms with Gasteiger partial charge in [-0.15, -0.1) is 0 Å². The quantitative estimate of drug-likeness (QED) is 0.794. The molecule has 0 aliphatic heterocycles. The first-order valence-corrected chi connectivity index (χ1v) is 7.57. The summed E-state index contributed by atoms with van der Waals surface area (Å²) in [5.74, 6) is 0.567. The van der Waals surface area contributed by atoms with Crippen LogP contribution in [0.4, 0.5) is 0 Å². The van der Waals surface area contributed by atoms with Gasteiger partial charge < -0.3 is 10.5 Å². The van der Waals surface area contributed by atoms with Crippen molar-refractivity contribution in [1.29, 1.82) is 0 Å². The van der Waals surface area contributed by atoms with Crippen molar-refractivity contribution in [3.8, 4) is 0 Å². The average molecular weight is 278 g/mol. The SMILES string of the molecule is CC(C)OCCN(C)C(CN)c1ccc(C(C)C)cc1. The van der Waals surface area contributed by atoms with E-state index in [2.05, 4.69) is 63.9 Å². The molecule has 114 valence electrons. The van der Waals surface area contributed by atoms with Gasteiger partial charge in [-0.2, -0.15) is 0 Å². The number of benzene rings is 1. The lowest BCUT2D eigenvalue weighted by Gasteiger charge is -2.28. The van der Waals surface area contributed by atoms with Gasteiger partial charge in [0, 0.05) is 19.1 Å². The predicted molar refractivity (Wildman–Crippen MR) is 86.0 cm³/mol. The third kappa shape index (κ3) is 5.23. The molecule has 0 saturated heterocycles. The van der Waals surface area contributed by atoms with Crippen LogP contribution in [0.25, 0.3) is 0 Å². The molecule has 0 aliphatic carbocycles. The molecule has 0 aliphatic rings. The maximum absolute atomic E-state index is 5.95. The number of nitrogens with zero attached hydrogens (tertiary/aromatic N) is 1. The second kappa shape index (κ2) is 8.40. The van der Waals surface area contributed by atoms with Crippen molar-refractivity contribution in [2.45, 2.75) is 45.8 Å². The fourth-order valence-corrected chi connectivity index (χ4v) is 2.26. The molecule has 1 atom stereocenters. The Labute approximate surface area is 124 Å². The minimum absolute atomic E-state index is 0.256. The highest BCUT2D eigenvalue weighted by molar-refractivity contribution is 5.27. The van der Waals surface area contributed by atoms with Crippen LogP contribution in [0.2, 0.25) is 0 Å². The van der Waals surface area contributed by atoms with Crippen molar-refractivity contribution in [3.63, 3.8) is 0 Å². The van der Waals surface area contributed by atoms with Crippen LogP contribution >= 0.6 is 0 Å². The zero-order valence-corrected chi connectivity index (χ0v) is 13.6. The first-order chi connectivity index (χ1) is 9.45. The number of hydrogen-bond acceptors (Lipinski definition) is 3. The van der Waals surface area contributed by atoms with Gasteiger partial charge in [-0.25, -0.2) is 0 Å². The summed E-state index contributed by atoms with van der Waals surface area (Å²) >= 11 is 0. The van der Waals surface area contributed by atoms with Gasteiger partial charge in [0.15, 0.2) is 0 Å². The molecule has 1 aromatic rings. The summed E-state index contributed by atoms with van der Waals surface area (Å²) in [6, 6.07) is 9.08. The van der Waals surface area contributed by atoms with Crippen molar-refractivity contribution in [3.05, 3.63) is 35.4 Å². The van der Waals surface area contributed by atoms with Gasteiger partial charge in [-0.1, -0.05) is 38.1 Å². The van der Waals surface area contributed by atoms with E-state index >= 15 is 0 Å². The van der Waals surface area contributed by atoms with Crippen LogP contribution in [0.5, 0.6) is 0 Å². The molecule has 0 amide bonds. The maximum atomic E-state index is 5.95. The van der Waals surface area contributed by atoms with Crippen LogP contribution in [0.15, 0.2) is 24.3 Å². The normalized spacial score (nSPS) is 13.4. The van der Waals surface area contributed by atoms with E-state index in [0.29, 0.717) is 12.5 Å². The molecule has 0 fully saturated rings. The van der Waals surface area contributed by atoms with E-state index in [-0.39, 0.29) is 12.1 Å². The lowest BCUT2D eigenvalue weighted by molar-refractivity contribution is 0.0564. The van der Waals surface area contributed by atoms with Gasteiger partial charge >= 0.3 is 0 Å². The zero-order valence-electron chi connectivity index (χ0n) is 13.6. The molecule has 2 N–H and O–H groups in total. The molecule has 0 spiro atoms. The Bertz CT molecular complexity index is 373. The second-order valence-corrected chi connectivity index (χ2v) is 5.97. The van der Waals surface area contributed by atoms with E-state index in [0.717, 1.165) is 13.2 Å². The third-order valence-corrected chi connectivity index (χ3v) is 3.64. The number of hydrogen-bond donors (Lipinski definition) is 1. The minimum atomic E-state index is 0.256. The minimum Gasteiger partial charge on any atom is -0.377 e. The highest BCUT2D eigenvalue weighted by atomic mass is 16.5. The second-order valence-electron chi connectivity index (χ2n) is 5.97. The molecule has 1 aromatic carbocycles. The molecule has 1 rings (SSSR count). The van der Waals surface area contributed by atoms with Gasteiger partial charge in [0.2, 0.25) is 0 Å². The average Bonchev–Trinajstić information content (AvgIpc) is 2.39. The molecule has 1 unspecified atom stereocenters. The molecule has 0 heterocycles. The molecule has 20 heavy (non-hydrogen) atoms. The van der Waals surface area contributed by atoms with Crippen molar-refractivity contribution in [2.24, 2.45) is 5.73 Å². The Balaban J connectivity index is 2.64. The van der Waals surface area contributed by atoms with Gasteiger partial charge in [-0.05, 0) is 37.9 Å². The van der Waals surface area contributed by atoms with Crippen molar-refractivity contribution >= 4 is 0 Å². The van der Waals surface area contributed by atoms with Crippen molar-refractivity contribution < 1.29 is 4.74 Å². The molecule has 0 radical (unpaired) electrons. The summed E-state index contributed by atoms with van der Waals surface area (Å²) in [6.07, 6.45) is 0.282.